The number of H-pyrrole nitrogens is 1. The first-order valence-corrected chi connectivity index (χ1v) is 16.3. The predicted molar refractivity (Wildman–Crippen MR) is 181 cm³/mol. The average Bonchev–Trinajstić information content (AvgIpc) is 3.81. The van der Waals surface area contributed by atoms with Crippen molar-refractivity contribution in [2.24, 2.45) is 0 Å². The largest absolute Gasteiger partial charge is 0.444 e. The monoisotopic (exact) mass is 672 g/mol. The summed E-state index contributed by atoms with van der Waals surface area (Å²) in [5.74, 6) is 0.0782. The van der Waals surface area contributed by atoms with E-state index in [4.69, 9.17) is 18.9 Å². The molecule has 0 saturated carbocycles. The molecule has 4 aromatic rings. The molecular formula is C36H41FN6O6. The summed E-state index contributed by atoms with van der Waals surface area (Å²) in [4.78, 5) is 54.0. The molecule has 2 aromatic heterocycles. The smallest absolute Gasteiger partial charge is 0.411 e. The van der Waals surface area contributed by atoms with Gasteiger partial charge >= 0.3 is 12.2 Å². The van der Waals surface area contributed by atoms with Crippen LogP contribution in [0, 0.1) is 5.82 Å². The quantitative estimate of drug-likeness (QED) is 0.206. The Hall–Kier alpha value is -5.20. The van der Waals surface area contributed by atoms with Crippen molar-refractivity contribution >= 4 is 34.8 Å². The fourth-order valence-corrected chi connectivity index (χ4v) is 6.01. The maximum atomic E-state index is 15.2. The highest BCUT2D eigenvalue weighted by molar-refractivity contribution is 5.97. The number of benzene rings is 2. The van der Waals surface area contributed by atoms with Crippen LogP contribution in [0.1, 0.15) is 72.7 Å². The van der Waals surface area contributed by atoms with Crippen molar-refractivity contribution in [3.05, 3.63) is 66.4 Å². The van der Waals surface area contributed by atoms with Gasteiger partial charge in [-0.1, -0.05) is 6.58 Å². The van der Waals surface area contributed by atoms with Gasteiger partial charge in [0.15, 0.2) is 5.76 Å². The molecule has 2 fully saturated rings. The summed E-state index contributed by atoms with van der Waals surface area (Å²) < 4.78 is 32.3. The summed E-state index contributed by atoms with van der Waals surface area (Å²) in [6.07, 6.45) is 2.30. The van der Waals surface area contributed by atoms with Crippen molar-refractivity contribution in [1.82, 2.24) is 24.8 Å². The Bertz CT molecular complexity index is 1940. The maximum Gasteiger partial charge on any atom is 0.411 e. The number of aromatic nitrogens is 3. The van der Waals surface area contributed by atoms with Crippen molar-refractivity contribution in [2.75, 3.05) is 18.4 Å². The van der Waals surface area contributed by atoms with Gasteiger partial charge in [-0.05, 0) is 103 Å². The third-order valence-electron chi connectivity index (χ3n) is 8.21. The number of nitrogens with one attached hydrogen (secondary N) is 2. The first-order valence-electron chi connectivity index (χ1n) is 16.3. The molecule has 0 spiro atoms. The van der Waals surface area contributed by atoms with E-state index < -0.39 is 47.2 Å². The second kappa shape index (κ2) is 12.7. The number of hydrogen-bond acceptors (Lipinski definition) is 8. The lowest BCUT2D eigenvalue weighted by Gasteiger charge is -2.28. The van der Waals surface area contributed by atoms with E-state index >= 15 is 4.39 Å². The number of carbonyl (C=O) groups is 3. The standard InChI is InChI=1S/C36H41FN6O6/c1-20-14-16-43(34(46)49-36(5,6)7)29(20)30-39-25-13-10-21(18-26(25)40-30)28-19-38-32(47-28)22-11-12-24(23(37)17-22)41-31(44)27-9-8-15-42(27)33(45)48-35(2,3)4/h10-13,17-19,27,29H,1,8-9,14-16H2,2-7H3,(H,39,40)(H,41,44)/t27?,29-/m0/s1. The van der Waals surface area contributed by atoms with Gasteiger partial charge < -0.3 is 24.2 Å². The van der Waals surface area contributed by atoms with Gasteiger partial charge in [0.1, 0.15) is 34.9 Å². The van der Waals surface area contributed by atoms with E-state index in [1.165, 1.54) is 17.0 Å². The topological polar surface area (TPSA) is 143 Å². The predicted octanol–water partition coefficient (Wildman–Crippen LogP) is 7.60. The molecular weight excluding hydrogens is 631 g/mol. The number of ether oxygens (including phenoxy) is 2. The Morgan fingerprint density at radius 2 is 1.67 bits per heavy atom. The van der Waals surface area contributed by atoms with Crippen LogP contribution in [0.5, 0.6) is 0 Å². The summed E-state index contributed by atoms with van der Waals surface area (Å²) in [5.41, 5.74) is 2.04. The summed E-state index contributed by atoms with van der Waals surface area (Å²) in [5, 5.41) is 2.61. The van der Waals surface area contributed by atoms with Gasteiger partial charge in [-0.2, -0.15) is 0 Å². The summed E-state index contributed by atoms with van der Waals surface area (Å²) in [6.45, 7) is 15.8. The number of hydrogen-bond donors (Lipinski definition) is 2. The van der Waals surface area contributed by atoms with Gasteiger partial charge in [0.05, 0.1) is 22.9 Å². The van der Waals surface area contributed by atoms with Crippen molar-refractivity contribution in [2.45, 2.75) is 84.1 Å². The number of nitrogens with zero attached hydrogens (tertiary/aromatic N) is 4. The number of anilines is 1. The first-order chi connectivity index (χ1) is 23.1. The van der Waals surface area contributed by atoms with E-state index in [-0.39, 0.29) is 11.6 Å². The lowest BCUT2D eigenvalue weighted by atomic mass is 10.1. The minimum absolute atomic E-state index is 0.0211. The zero-order valence-corrected chi connectivity index (χ0v) is 28.6. The molecule has 2 atom stereocenters. The maximum absolute atomic E-state index is 15.2. The second-order valence-corrected chi connectivity index (χ2v) is 14.4. The zero-order chi connectivity index (χ0) is 35.2. The van der Waals surface area contributed by atoms with Crippen LogP contribution >= 0.6 is 0 Å². The Morgan fingerprint density at radius 3 is 2.37 bits per heavy atom. The Kier molecular flexibility index (Phi) is 8.72. The number of imidazole rings is 1. The van der Waals surface area contributed by atoms with Crippen molar-refractivity contribution in [3.63, 3.8) is 0 Å². The SMILES string of the molecule is C=C1CCN(C(=O)OC(C)(C)C)[C@@H]1c1nc2ccc(-c3cnc(-c4ccc(NC(=O)C5CCCN5C(=O)OC(C)(C)C)c(F)c4)o3)cc2[nH]1. The third kappa shape index (κ3) is 7.30. The van der Waals surface area contributed by atoms with Crippen LogP contribution in [-0.2, 0) is 14.3 Å². The molecule has 13 heteroatoms. The number of carbonyl (C=O) groups excluding carboxylic acids is 3. The number of halogens is 1. The Morgan fingerprint density at radius 1 is 0.980 bits per heavy atom. The van der Waals surface area contributed by atoms with Gasteiger partial charge in [-0.3, -0.25) is 14.6 Å². The lowest BCUT2D eigenvalue weighted by molar-refractivity contribution is -0.120. The minimum atomic E-state index is -0.757. The van der Waals surface area contributed by atoms with Crippen LogP contribution in [0.25, 0.3) is 33.8 Å². The van der Waals surface area contributed by atoms with Gasteiger partial charge in [0.25, 0.3) is 0 Å². The van der Waals surface area contributed by atoms with Crippen LogP contribution in [0.4, 0.5) is 19.7 Å². The second-order valence-electron chi connectivity index (χ2n) is 14.4. The van der Waals surface area contributed by atoms with E-state index in [0.717, 1.165) is 11.1 Å². The van der Waals surface area contributed by atoms with Gasteiger partial charge in [0, 0.05) is 24.2 Å². The summed E-state index contributed by atoms with van der Waals surface area (Å²) in [7, 11) is 0. The van der Waals surface area contributed by atoms with E-state index in [9.17, 15) is 14.4 Å². The highest BCUT2D eigenvalue weighted by Gasteiger charge is 2.38. The molecule has 6 rings (SSSR count). The molecule has 12 nitrogen and oxygen atoms in total. The van der Waals surface area contributed by atoms with E-state index in [1.807, 2.05) is 39.0 Å². The number of aromatic amines is 1. The molecule has 3 amide bonds. The first kappa shape index (κ1) is 33.7. The van der Waals surface area contributed by atoms with E-state index in [2.05, 4.69) is 21.9 Å². The van der Waals surface area contributed by atoms with E-state index in [1.54, 1.807) is 37.9 Å². The van der Waals surface area contributed by atoms with Crippen molar-refractivity contribution in [1.29, 1.82) is 0 Å². The lowest BCUT2D eigenvalue weighted by Crippen LogP contribution is -2.45. The summed E-state index contributed by atoms with van der Waals surface area (Å²) in [6, 6.07) is 8.64. The Balaban J connectivity index is 1.16. The van der Waals surface area contributed by atoms with Crippen LogP contribution < -0.4 is 5.32 Å². The van der Waals surface area contributed by atoms with E-state index in [0.29, 0.717) is 60.6 Å². The molecule has 0 bridgehead atoms. The molecule has 2 saturated heterocycles. The van der Waals surface area contributed by atoms with Crippen molar-refractivity contribution in [3.8, 4) is 22.8 Å². The molecule has 49 heavy (non-hydrogen) atoms. The number of fused-ring (bicyclic) bond motifs is 1. The van der Waals surface area contributed by atoms with Crippen LogP contribution in [0.3, 0.4) is 0 Å². The van der Waals surface area contributed by atoms with Gasteiger partial charge in [0.2, 0.25) is 11.8 Å². The van der Waals surface area contributed by atoms with Crippen LogP contribution in [-0.4, -0.2) is 73.2 Å². The molecule has 2 aromatic carbocycles. The Labute approximate surface area is 283 Å². The number of rotatable bonds is 5. The number of likely N-dealkylation sites (tertiary alicyclic amines) is 2. The van der Waals surface area contributed by atoms with Crippen LogP contribution in [0.2, 0.25) is 0 Å². The number of amides is 3. The fourth-order valence-electron chi connectivity index (χ4n) is 6.01. The molecule has 1 unspecified atom stereocenters. The average molecular weight is 673 g/mol. The molecule has 2 aliphatic rings. The van der Waals surface area contributed by atoms with Crippen molar-refractivity contribution < 1.29 is 32.7 Å². The fraction of sp³-hybridized carbons (Fsp3) is 0.417. The summed E-state index contributed by atoms with van der Waals surface area (Å²) >= 11 is 0. The third-order valence-corrected chi connectivity index (χ3v) is 8.21. The molecule has 2 aliphatic heterocycles. The van der Waals surface area contributed by atoms with Crippen LogP contribution in [0.15, 0.2) is 59.2 Å². The molecule has 0 aliphatic carbocycles. The highest BCUT2D eigenvalue weighted by Crippen LogP contribution is 2.37. The minimum Gasteiger partial charge on any atom is -0.444 e. The highest BCUT2D eigenvalue weighted by atomic mass is 19.1. The van der Waals surface area contributed by atoms with Gasteiger partial charge in [-0.15, -0.1) is 0 Å². The number of oxazole rings is 1. The molecule has 258 valence electrons. The molecule has 2 N–H and O–H groups in total. The normalized spacial score (nSPS) is 18.3. The van der Waals surface area contributed by atoms with Gasteiger partial charge in [-0.25, -0.2) is 23.9 Å². The molecule has 0 radical (unpaired) electrons. The zero-order valence-electron chi connectivity index (χ0n) is 28.6. The molecule has 4 heterocycles.